The number of piperidine rings is 1. The number of hydrogen-bond acceptors (Lipinski definition) is 3. The van der Waals surface area contributed by atoms with Crippen molar-refractivity contribution in [2.24, 2.45) is 0 Å². The number of aromatic nitrogens is 1. The molecular weight excluding hydrogens is 254 g/mol. The van der Waals surface area contributed by atoms with Crippen LogP contribution in [0.3, 0.4) is 0 Å². The van der Waals surface area contributed by atoms with E-state index in [0.29, 0.717) is 12.8 Å². The van der Waals surface area contributed by atoms with Crippen LogP contribution in [0.2, 0.25) is 0 Å². The molecule has 0 bridgehead atoms. The van der Waals surface area contributed by atoms with Gasteiger partial charge >= 0.3 is 0 Å². The van der Waals surface area contributed by atoms with Crippen LogP contribution < -0.4 is 5.32 Å². The van der Waals surface area contributed by atoms with E-state index in [1.165, 1.54) is 0 Å². The fourth-order valence-corrected chi connectivity index (χ4v) is 3.12. The third-order valence-corrected chi connectivity index (χ3v) is 4.41. The van der Waals surface area contributed by atoms with E-state index in [-0.39, 0.29) is 17.4 Å². The van der Waals surface area contributed by atoms with Gasteiger partial charge in [0.25, 0.3) is 0 Å². The minimum Gasteiger partial charge on any atom is -0.351 e. The topological polar surface area (TPSA) is 62.3 Å². The third-order valence-electron chi connectivity index (χ3n) is 4.41. The Balaban J connectivity index is 1.55. The van der Waals surface area contributed by atoms with Gasteiger partial charge in [-0.25, -0.2) is 0 Å². The first-order chi connectivity index (χ1) is 9.67. The van der Waals surface area contributed by atoms with E-state index >= 15 is 0 Å². The normalized spacial score (nSPS) is 21.0. The summed E-state index contributed by atoms with van der Waals surface area (Å²) >= 11 is 0. The molecule has 1 N–H and O–H groups in total. The Hall–Kier alpha value is -1.91. The van der Waals surface area contributed by atoms with Gasteiger partial charge in [0.1, 0.15) is 0 Å². The second-order valence-electron chi connectivity index (χ2n) is 5.74. The highest BCUT2D eigenvalue weighted by molar-refractivity contribution is 5.80. The van der Waals surface area contributed by atoms with E-state index in [0.717, 1.165) is 37.9 Å². The lowest BCUT2D eigenvalue weighted by molar-refractivity contribution is -0.132. The second-order valence-corrected chi connectivity index (χ2v) is 5.74. The third kappa shape index (κ3) is 2.66. The lowest BCUT2D eigenvalue weighted by atomic mass is 9.86. The summed E-state index contributed by atoms with van der Waals surface area (Å²) in [6.07, 6.45) is 7.15. The molecule has 1 aromatic heterocycles. The number of carbonyl (C=O) groups is 2. The van der Waals surface area contributed by atoms with Crippen molar-refractivity contribution < 1.29 is 9.59 Å². The van der Waals surface area contributed by atoms with Gasteiger partial charge in [-0.1, -0.05) is 0 Å². The van der Waals surface area contributed by atoms with Crippen molar-refractivity contribution in [1.29, 1.82) is 0 Å². The first kappa shape index (κ1) is 13.1. The van der Waals surface area contributed by atoms with Gasteiger partial charge in [-0.15, -0.1) is 0 Å². The Labute approximate surface area is 118 Å². The van der Waals surface area contributed by atoms with Gasteiger partial charge in [-0.3, -0.25) is 14.6 Å². The maximum Gasteiger partial charge on any atom is 0.226 e. The van der Waals surface area contributed by atoms with E-state index in [4.69, 9.17) is 0 Å². The Bertz CT molecular complexity index is 507. The van der Waals surface area contributed by atoms with Crippen molar-refractivity contribution in [1.82, 2.24) is 15.2 Å². The molecule has 3 heterocycles. The molecule has 0 aromatic carbocycles. The summed E-state index contributed by atoms with van der Waals surface area (Å²) in [7, 11) is 0. The highest BCUT2D eigenvalue weighted by Gasteiger charge is 2.40. The Morgan fingerprint density at radius 1 is 1.25 bits per heavy atom. The first-order valence-electron chi connectivity index (χ1n) is 7.15. The van der Waals surface area contributed by atoms with Crippen LogP contribution in [0.4, 0.5) is 0 Å². The molecule has 0 saturated carbocycles. The van der Waals surface area contributed by atoms with Crippen LogP contribution in [-0.4, -0.2) is 40.3 Å². The van der Waals surface area contributed by atoms with Crippen LogP contribution in [0.25, 0.3) is 0 Å². The van der Waals surface area contributed by atoms with Gasteiger partial charge in [0.15, 0.2) is 0 Å². The van der Waals surface area contributed by atoms with Gasteiger partial charge in [0.2, 0.25) is 11.8 Å². The van der Waals surface area contributed by atoms with Crippen molar-refractivity contribution in [2.45, 2.75) is 37.6 Å². The van der Waals surface area contributed by atoms with Crippen LogP contribution in [0.15, 0.2) is 24.5 Å². The fraction of sp³-hybridized carbons (Fsp3) is 0.533. The summed E-state index contributed by atoms with van der Waals surface area (Å²) in [6.45, 7) is 1.48. The van der Waals surface area contributed by atoms with Gasteiger partial charge in [0, 0.05) is 37.4 Å². The quantitative estimate of drug-likeness (QED) is 0.870. The predicted octanol–water partition coefficient (Wildman–Crippen LogP) is 0.895. The molecule has 1 aromatic rings. The molecular formula is C15H19N3O2. The molecule has 0 aliphatic carbocycles. The monoisotopic (exact) mass is 273 g/mol. The lowest BCUT2D eigenvalue weighted by Crippen LogP contribution is -2.52. The molecule has 0 radical (unpaired) electrons. The molecule has 5 heteroatoms. The highest BCUT2D eigenvalue weighted by atomic mass is 16.2. The molecule has 2 aliphatic rings. The zero-order valence-electron chi connectivity index (χ0n) is 11.5. The number of nitrogens with zero attached hydrogens (tertiary/aromatic N) is 2. The minimum atomic E-state index is -0.0372. The molecule has 0 atom stereocenters. The van der Waals surface area contributed by atoms with E-state index < -0.39 is 0 Å². The number of nitrogens with one attached hydrogen (secondary N) is 1. The van der Waals surface area contributed by atoms with Crippen LogP contribution in [0, 0.1) is 0 Å². The zero-order chi connectivity index (χ0) is 14.0. The first-order valence-corrected chi connectivity index (χ1v) is 7.15. The van der Waals surface area contributed by atoms with Crippen LogP contribution in [0.5, 0.6) is 0 Å². The van der Waals surface area contributed by atoms with E-state index in [2.05, 4.69) is 10.3 Å². The van der Waals surface area contributed by atoms with Gasteiger partial charge < -0.3 is 10.2 Å². The number of rotatable bonds is 2. The van der Waals surface area contributed by atoms with Crippen LogP contribution >= 0.6 is 0 Å². The standard InChI is InChI=1S/C15H19N3O2/c19-13-1-4-15(17-13)5-9-18(10-6-15)14(20)11-12-2-7-16-8-3-12/h2-3,7-8H,1,4-6,9-11H2,(H,17,19). The summed E-state index contributed by atoms with van der Waals surface area (Å²) in [5.41, 5.74) is 0.962. The summed E-state index contributed by atoms with van der Waals surface area (Å²) in [4.78, 5) is 29.5. The molecule has 1 spiro atoms. The smallest absolute Gasteiger partial charge is 0.226 e. The van der Waals surface area contributed by atoms with E-state index in [1.54, 1.807) is 12.4 Å². The average Bonchev–Trinajstić information content (AvgIpc) is 2.81. The van der Waals surface area contributed by atoms with Crippen molar-refractivity contribution in [3.63, 3.8) is 0 Å². The number of likely N-dealkylation sites (tertiary alicyclic amines) is 1. The molecule has 20 heavy (non-hydrogen) atoms. The van der Waals surface area contributed by atoms with E-state index in [1.807, 2.05) is 17.0 Å². The predicted molar refractivity (Wildman–Crippen MR) is 73.9 cm³/mol. The molecule has 106 valence electrons. The van der Waals surface area contributed by atoms with Gasteiger partial charge in [0.05, 0.1) is 6.42 Å². The van der Waals surface area contributed by atoms with E-state index in [9.17, 15) is 9.59 Å². The molecule has 3 rings (SSSR count). The summed E-state index contributed by atoms with van der Waals surface area (Å²) in [5, 5.41) is 3.09. The number of pyridine rings is 1. The van der Waals surface area contributed by atoms with Crippen molar-refractivity contribution >= 4 is 11.8 Å². The molecule has 5 nitrogen and oxygen atoms in total. The highest BCUT2D eigenvalue weighted by Crippen LogP contribution is 2.31. The van der Waals surface area contributed by atoms with Gasteiger partial charge in [-0.05, 0) is 37.0 Å². The molecule has 2 aliphatic heterocycles. The molecule has 2 saturated heterocycles. The molecule has 2 amide bonds. The summed E-state index contributed by atoms with van der Waals surface area (Å²) < 4.78 is 0. The SMILES string of the molecule is O=C1CCC2(CCN(C(=O)Cc3ccncc3)CC2)N1. The number of amides is 2. The number of hydrogen-bond donors (Lipinski definition) is 1. The lowest BCUT2D eigenvalue weighted by Gasteiger charge is -2.39. The molecule has 2 fully saturated rings. The van der Waals surface area contributed by atoms with Gasteiger partial charge in [-0.2, -0.15) is 0 Å². The zero-order valence-corrected chi connectivity index (χ0v) is 11.5. The van der Waals surface area contributed by atoms with Crippen LogP contribution in [-0.2, 0) is 16.0 Å². The number of carbonyl (C=O) groups excluding carboxylic acids is 2. The van der Waals surface area contributed by atoms with Crippen molar-refractivity contribution in [3.05, 3.63) is 30.1 Å². The maximum atomic E-state index is 12.3. The fourth-order valence-electron chi connectivity index (χ4n) is 3.12. The Kier molecular flexibility index (Phi) is 3.42. The summed E-state index contributed by atoms with van der Waals surface area (Å²) in [5.74, 6) is 0.317. The van der Waals surface area contributed by atoms with Crippen molar-refractivity contribution in [3.8, 4) is 0 Å². The largest absolute Gasteiger partial charge is 0.351 e. The summed E-state index contributed by atoms with van der Waals surface area (Å²) in [6, 6.07) is 3.75. The van der Waals surface area contributed by atoms with Crippen LogP contribution in [0.1, 0.15) is 31.2 Å². The average molecular weight is 273 g/mol. The second kappa shape index (κ2) is 5.23. The maximum absolute atomic E-state index is 12.3. The Morgan fingerprint density at radius 2 is 1.95 bits per heavy atom. The Morgan fingerprint density at radius 3 is 2.55 bits per heavy atom. The molecule has 0 unspecified atom stereocenters. The minimum absolute atomic E-state index is 0.0372. The van der Waals surface area contributed by atoms with Crippen molar-refractivity contribution in [2.75, 3.05) is 13.1 Å².